The first-order valence-corrected chi connectivity index (χ1v) is 7.96. The molecule has 0 saturated carbocycles. The molecule has 1 saturated heterocycles. The van der Waals surface area contributed by atoms with Crippen LogP contribution in [0.4, 0.5) is 0 Å². The van der Waals surface area contributed by atoms with Gasteiger partial charge in [-0.1, -0.05) is 0 Å². The summed E-state index contributed by atoms with van der Waals surface area (Å²) in [4.78, 5) is 27.8. The van der Waals surface area contributed by atoms with Crippen molar-refractivity contribution < 1.29 is 14.6 Å². The van der Waals surface area contributed by atoms with Crippen LogP contribution in [0.2, 0.25) is 6.82 Å². The minimum atomic E-state index is -0.731. The molecule has 2 amide bonds. The number of likely N-dealkylation sites (N-methyl/N-ethyl adjacent to an activating group) is 1. The number of amidine groups is 1. The summed E-state index contributed by atoms with van der Waals surface area (Å²) in [6.45, 7) is 4.24. The van der Waals surface area contributed by atoms with Crippen LogP contribution in [0.3, 0.4) is 0 Å². The van der Waals surface area contributed by atoms with Gasteiger partial charge in [-0.3, -0.25) is 15.0 Å². The van der Waals surface area contributed by atoms with E-state index in [9.17, 15) is 14.6 Å². The summed E-state index contributed by atoms with van der Waals surface area (Å²) in [7, 11) is 2.74. The van der Waals surface area contributed by atoms with Crippen molar-refractivity contribution in [3.05, 3.63) is 0 Å². The van der Waals surface area contributed by atoms with Gasteiger partial charge in [0.1, 0.15) is 6.04 Å². The van der Waals surface area contributed by atoms with Crippen molar-refractivity contribution in [2.45, 2.75) is 45.1 Å². The Morgan fingerprint density at radius 2 is 2.22 bits per heavy atom. The molecule has 2 atom stereocenters. The Bertz CT molecular complexity index is 446. The van der Waals surface area contributed by atoms with Crippen molar-refractivity contribution in [1.29, 1.82) is 5.41 Å². The minimum absolute atomic E-state index is 0.0812. The van der Waals surface area contributed by atoms with Crippen molar-refractivity contribution in [1.82, 2.24) is 20.3 Å². The van der Waals surface area contributed by atoms with E-state index >= 15 is 0 Å². The van der Waals surface area contributed by atoms with Gasteiger partial charge >= 0.3 is 7.05 Å². The molecule has 1 aliphatic rings. The van der Waals surface area contributed by atoms with Gasteiger partial charge in [0.05, 0.1) is 5.84 Å². The molecule has 0 spiro atoms. The predicted octanol–water partition coefficient (Wildman–Crippen LogP) is -0.889. The van der Waals surface area contributed by atoms with Crippen molar-refractivity contribution in [2.24, 2.45) is 0 Å². The Balaban J connectivity index is 2.58. The molecule has 1 aliphatic heterocycles. The molecule has 9 heteroatoms. The fourth-order valence-corrected chi connectivity index (χ4v) is 2.48. The molecule has 8 nitrogen and oxygen atoms in total. The third-order valence-electron chi connectivity index (χ3n) is 4.16. The van der Waals surface area contributed by atoms with Crippen LogP contribution in [-0.2, 0) is 9.59 Å². The highest BCUT2D eigenvalue weighted by Crippen LogP contribution is 2.12. The summed E-state index contributed by atoms with van der Waals surface area (Å²) in [5.41, 5.74) is 0. The normalized spacial score (nSPS) is 21.7. The minimum Gasteiger partial charge on any atom is -0.437 e. The maximum atomic E-state index is 12.3. The third kappa shape index (κ3) is 6.19. The lowest BCUT2D eigenvalue weighted by Crippen LogP contribution is -2.52. The molecule has 0 aromatic heterocycles. The summed E-state index contributed by atoms with van der Waals surface area (Å²) in [5.74, 6) is 0.213. The quantitative estimate of drug-likeness (QED) is 0.276. The van der Waals surface area contributed by atoms with Crippen LogP contribution in [0.1, 0.15) is 26.2 Å². The van der Waals surface area contributed by atoms with Crippen molar-refractivity contribution in [2.75, 3.05) is 27.2 Å². The summed E-state index contributed by atoms with van der Waals surface area (Å²) in [6, 6.07) is -0.804. The van der Waals surface area contributed by atoms with E-state index < -0.39 is 13.1 Å². The lowest BCUT2D eigenvalue weighted by atomic mass is 9.88. The zero-order chi connectivity index (χ0) is 17.6. The highest BCUT2D eigenvalue weighted by atomic mass is 16.2. The molecule has 0 aliphatic carbocycles. The van der Waals surface area contributed by atoms with Gasteiger partial charge in [0.15, 0.2) is 0 Å². The lowest BCUT2D eigenvalue weighted by Gasteiger charge is -2.24. The van der Waals surface area contributed by atoms with Crippen LogP contribution in [0.5, 0.6) is 0 Å². The fourth-order valence-electron chi connectivity index (χ4n) is 2.48. The number of amides is 2. The summed E-state index contributed by atoms with van der Waals surface area (Å²) < 4.78 is 0. The number of nitrogens with one attached hydrogen (secondary N) is 3. The number of nitrogens with zero attached hydrogens (tertiary/aromatic N) is 2. The Morgan fingerprint density at radius 1 is 1.57 bits per heavy atom. The number of carbonyl (C=O) groups excluding carboxylic acids is 2. The van der Waals surface area contributed by atoms with Gasteiger partial charge < -0.3 is 25.4 Å². The highest BCUT2D eigenvalue weighted by molar-refractivity contribution is 6.45. The second kappa shape index (κ2) is 8.88. The topological polar surface area (TPSA) is 109 Å². The molecule has 0 radical (unpaired) electrons. The van der Waals surface area contributed by atoms with Crippen LogP contribution in [-0.4, -0.2) is 78.8 Å². The Labute approximate surface area is 138 Å². The van der Waals surface area contributed by atoms with Crippen molar-refractivity contribution in [3.8, 4) is 0 Å². The van der Waals surface area contributed by atoms with Gasteiger partial charge in [-0.25, -0.2) is 0 Å². The van der Waals surface area contributed by atoms with E-state index in [4.69, 9.17) is 5.41 Å². The molecule has 4 N–H and O–H groups in total. The van der Waals surface area contributed by atoms with Gasteiger partial charge in [-0.05, 0) is 26.6 Å². The van der Waals surface area contributed by atoms with Crippen LogP contribution in [0.15, 0.2) is 0 Å². The van der Waals surface area contributed by atoms with Gasteiger partial charge in [0, 0.05) is 39.6 Å². The maximum absolute atomic E-state index is 12.3. The highest BCUT2D eigenvalue weighted by Gasteiger charge is 2.33. The zero-order valence-electron chi connectivity index (χ0n) is 14.4. The molecule has 130 valence electrons. The van der Waals surface area contributed by atoms with E-state index in [1.165, 1.54) is 4.90 Å². The average Bonchev–Trinajstić information content (AvgIpc) is 2.54. The number of hydrogen-bond acceptors (Lipinski definition) is 5. The Hall–Kier alpha value is -1.61. The average molecular weight is 325 g/mol. The number of carbonyl (C=O) groups is 2. The largest absolute Gasteiger partial charge is 0.437 e. The van der Waals surface area contributed by atoms with Gasteiger partial charge in [-0.2, -0.15) is 0 Å². The molecule has 0 aromatic rings. The molecule has 1 fully saturated rings. The molecule has 2 unspecified atom stereocenters. The SMILES string of the molecule is CB(O)NCC1C(=O)NC(CCCN(C)C(C)=N)CC(=O)N1C. The molecule has 0 aromatic carbocycles. The first-order valence-electron chi connectivity index (χ1n) is 7.96. The smallest absolute Gasteiger partial charge is 0.373 e. The van der Waals surface area contributed by atoms with E-state index in [1.54, 1.807) is 20.8 Å². The van der Waals surface area contributed by atoms with Crippen LogP contribution >= 0.6 is 0 Å². The Kier molecular flexibility index (Phi) is 7.51. The maximum Gasteiger partial charge on any atom is 0.373 e. The predicted molar refractivity (Wildman–Crippen MR) is 90.2 cm³/mol. The van der Waals surface area contributed by atoms with Gasteiger partial charge in [0.25, 0.3) is 0 Å². The summed E-state index contributed by atoms with van der Waals surface area (Å²) >= 11 is 0. The van der Waals surface area contributed by atoms with Gasteiger partial charge in [0.2, 0.25) is 11.8 Å². The second-order valence-corrected chi connectivity index (χ2v) is 6.16. The molecule has 1 rings (SSSR count). The molecular formula is C14H28BN5O3. The van der Waals surface area contributed by atoms with Crippen molar-refractivity contribution in [3.63, 3.8) is 0 Å². The molecule has 1 heterocycles. The number of hydrogen-bond donors (Lipinski definition) is 4. The van der Waals surface area contributed by atoms with E-state index in [1.807, 2.05) is 11.9 Å². The first-order chi connectivity index (χ1) is 10.7. The third-order valence-corrected chi connectivity index (χ3v) is 4.16. The first kappa shape index (κ1) is 19.4. The van der Waals surface area contributed by atoms with Gasteiger partial charge in [-0.15, -0.1) is 0 Å². The van der Waals surface area contributed by atoms with E-state index in [0.29, 0.717) is 12.3 Å². The number of rotatable bonds is 7. The summed E-state index contributed by atoms with van der Waals surface area (Å²) in [6.07, 6.45) is 1.77. The molecule has 0 bridgehead atoms. The second-order valence-electron chi connectivity index (χ2n) is 6.16. The molecule has 23 heavy (non-hydrogen) atoms. The van der Waals surface area contributed by atoms with Crippen LogP contribution in [0, 0.1) is 5.41 Å². The molecular weight excluding hydrogens is 297 g/mol. The van der Waals surface area contributed by atoms with Crippen LogP contribution < -0.4 is 10.5 Å². The van der Waals surface area contributed by atoms with E-state index in [0.717, 1.165) is 13.0 Å². The van der Waals surface area contributed by atoms with Crippen LogP contribution in [0.25, 0.3) is 0 Å². The Morgan fingerprint density at radius 3 is 2.78 bits per heavy atom. The summed E-state index contributed by atoms with van der Waals surface area (Å²) in [5, 5.41) is 22.5. The standard InChI is InChI=1S/C14H28BN5O3/c1-10(16)19(3)7-5-6-11-8-13(21)20(4)12(14(22)18-11)9-17-15(2)23/h11-12,16-17,23H,5-9H2,1-4H3,(H,18,22). The van der Waals surface area contributed by atoms with Crippen molar-refractivity contribution >= 4 is 24.7 Å². The monoisotopic (exact) mass is 325 g/mol. The van der Waals surface area contributed by atoms with E-state index in [2.05, 4.69) is 10.5 Å². The lowest BCUT2D eigenvalue weighted by molar-refractivity contribution is -0.136. The fraction of sp³-hybridized carbons (Fsp3) is 0.786. The zero-order valence-corrected chi connectivity index (χ0v) is 14.4. The van der Waals surface area contributed by atoms with E-state index in [-0.39, 0.29) is 30.8 Å².